The van der Waals surface area contributed by atoms with E-state index in [-0.39, 0.29) is 11.3 Å². The molecule has 150 valence electrons. The molecule has 0 aliphatic heterocycles. The molecule has 3 rings (SSSR count). The number of sulfonamides is 1. The molecule has 3 aromatic rings. The zero-order valence-corrected chi connectivity index (χ0v) is 16.6. The number of hydrogen-bond acceptors (Lipinski definition) is 3. The molecule has 0 aliphatic rings. The number of carbonyl (C=O) groups excluding carboxylic acids is 1. The molecule has 0 aliphatic carbocycles. The lowest BCUT2D eigenvalue weighted by atomic mass is 10.1. The maximum Gasteiger partial charge on any atom is 0.242 e. The van der Waals surface area contributed by atoms with Crippen LogP contribution >= 0.6 is 0 Å². The summed E-state index contributed by atoms with van der Waals surface area (Å²) in [5, 5.41) is 2.76. The number of amides is 1. The zero-order valence-electron chi connectivity index (χ0n) is 15.8. The fraction of sp³-hybridized carbons (Fsp3) is 0.136. The molecule has 0 heterocycles. The van der Waals surface area contributed by atoms with Gasteiger partial charge >= 0.3 is 0 Å². The summed E-state index contributed by atoms with van der Waals surface area (Å²) in [6, 6.07) is 19.8. The molecule has 0 fully saturated rings. The van der Waals surface area contributed by atoms with Gasteiger partial charge in [0.1, 0.15) is 11.9 Å². The molecule has 0 bridgehead atoms. The average Bonchev–Trinajstić information content (AvgIpc) is 2.68. The Bertz CT molecular complexity index is 1080. The van der Waals surface area contributed by atoms with Crippen LogP contribution in [0.2, 0.25) is 0 Å². The van der Waals surface area contributed by atoms with Crippen LogP contribution in [-0.4, -0.2) is 20.4 Å². The van der Waals surface area contributed by atoms with Gasteiger partial charge in [0.2, 0.25) is 15.9 Å². The molecule has 2 N–H and O–H groups in total. The van der Waals surface area contributed by atoms with Crippen LogP contribution in [-0.2, 0) is 21.2 Å². The summed E-state index contributed by atoms with van der Waals surface area (Å²) in [4.78, 5) is 12.8. The topological polar surface area (TPSA) is 75.3 Å². The number of carbonyl (C=O) groups is 1. The lowest BCUT2D eigenvalue weighted by Gasteiger charge is -2.19. The summed E-state index contributed by atoms with van der Waals surface area (Å²) in [5.41, 5.74) is 2.35. The SMILES string of the molecule is Cc1cccc(NC(=O)[C@H](Cc2ccccc2)NS(=O)(=O)c2ccc(F)cc2)c1. The highest BCUT2D eigenvalue weighted by molar-refractivity contribution is 7.89. The second-order valence-electron chi connectivity index (χ2n) is 6.68. The standard InChI is InChI=1S/C22H21FN2O3S/c1-16-6-5-9-19(14-16)24-22(26)21(15-17-7-3-2-4-8-17)25-29(27,28)20-12-10-18(23)11-13-20/h2-14,21,25H,15H2,1H3,(H,24,26)/t21-/m0/s1. The quantitative estimate of drug-likeness (QED) is 0.622. The number of anilines is 1. The van der Waals surface area contributed by atoms with E-state index in [0.717, 1.165) is 35.4 Å². The number of rotatable bonds is 7. The van der Waals surface area contributed by atoms with Crippen molar-refractivity contribution < 1.29 is 17.6 Å². The van der Waals surface area contributed by atoms with Crippen molar-refractivity contribution in [3.05, 3.63) is 95.8 Å². The summed E-state index contributed by atoms with van der Waals surface area (Å²) in [6.07, 6.45) is 0.166. The van der Waals surface area contributed by atoms with Crippen LogP contribution in [0.5, 0.6) is 0 Å². The Morgan fingerprint density at radius 1 is 0.966 bits per heavy atom. The van der Waals surface area contributed by atoms with Gasteiger partial charge in [-0.1, -0.05) is 42.5 Å². The summed E-state index contributed by atoms with van der Waals surface area (Å²) >= 11 is 0. The fourth-order valence-electron chi connectivity index (χ4n) is 2.86. The van der Waals surface area contributed by atoms with Crippen LogP contribution in [0.1, 0.15) is 11.1 Å². The van der Waals surface area contributed by atoms with E-state index in [1.54, 1.807) is 18.2 Å². The first-order chi connectivity index (χ1) is 13.8. The molecule has 0 saturated heterocycles. The Balaban J connectivity index is 1.85. The van der Waals surface area contributed by atoms with E-state index in [1.165, 1.54) is 0 Å². The van der Waals surface area contributed by atoms with Crippen molar-refractivity contribution in [3.8, 4) is 0 Å². The minimum Gasteiger partial charge on any atom is -0.325 e. The smallest absolute Gasteiger partial charge is 0.242 e. The highest BCUT2D eigenvalue weighted by atomic mass is 32.2. The van der Waals surface area contributed by atoms with Crippen molar-refractivity contribution in [1.29, 1.82) is 0 Å². The van der Waals surface area contributed by atoms with Gasteiger partial charge in [0.25, 0.3) is 0 Å². The fourth-order valence-corrected chi connectivity index (χ4v) is 4.05. The van der Waals surface area contributed by atoms with Crippen LogP contribution in [0.25, 0.3) is 0 Å². The van der Waals surface area contributed by atoms with Crippen molar-refractivity contribution in [3.63, 3.8) is 0 Å². The number of aryl methyl sites for hydroxylation is 1. The van der Waals surface area contributed by atoms with E-state index in [1.807, 2.05) is 43.3 Å². The van der Waals surface area contributed by atoms with Crippen molar-refractivity contribution in [2.24, 2.45) is 0 Å². The predicted molar refractivity (Wildman–Crippen MR) is 110 cm³/mol. The minimum absolute atomic E-state index is 0.111. The molecule has 29 heavy (non-hydrogen) atoms. The Kier molecular flexibility index (Phi) is 6.41. The lowest BCUT2D eigenvalue weighted by molar-refractivity contribution is -0.117. The normalized spacial score (nSPS) is 12.3. The molecular formula is C22H21FN2O3S. The van der Waals surface area contributed by atoms with Crippen molar-refractivity contribution in [2.75, 3.05) is 5.32 Å². The van der Waals surface area contributed by atoms with Gasteiger partial charge in [-0.05, 0) is 60.9 Å². The zero-order chi connectivity index (χ0) is 20.9. The van der Waals surface area contributed by atoms with Gasteiger partial charge in [0.15, 0.2) is 0 Å². The van der Waals surface area contributed by atoms with Gasteiger partial charge < -0.3 is 5.32 Å². The highest BCUT2D eigenvalue weighted by Crippen LogP contribution is 2.15. The molecule has 0 aromatic heterocycles. The number of halogens is 1. The van der Waals surface area contributed by atoms with E-state index in [9.17, 15) is 17.6 Å². The number of nitrogens with one attached hydrogen (secondary N) is 2. The molecule has 0 unspecified atom stereocenters. The van der Waals surface area contributed by atoms with Gasteiger partial charge in [-0.2, -0.15) is 4.72 Å². The monoisotopic (exact) mass is 412 g/mol. The molecule has 5 nitrogen and oxygen atoms in total. The highest BCUT2D eigenvalue weighted by Gasteiger charge is 2.26. The molecule has 0 saturated carbocycles. The predicted octanol–water partition coefficient (Wildman–Crippen LogP) is 3.66. The Labute approximate surface area is 169 Å². The minimum atomic E-state index is -4.02. The molecule has 1 amide bonds. The van der Waals surface area contributed by atoms with Gasteiger partial charge in [0.05, 0.1) is 4.90 Å². The van der Waals surface area contributed by atoms with E-state index >= 15 is 0 Å². The number of benzene rings is 3. The third-order valence-corrected chi connectivity index (χ3v) is 5.79. The van der Waals surface area contributed by atoms with Gasteiger partial charge in [-0.3, -0.25) is 4.79 Å². The Morgan fingerprint density at radius 2 is 1.66 bits per heavy atom. The summed E-state index contributed by atoms with van der Waals surface area (Å²) in [7, 11) is -4.02. The second kappa shape index (κ2) is 8.98. The molecule has 3 aromatic carbocycles. The number of hydrogen-bond donors (Lipinski definition) is 2. The maximum absolute atomic E-state index is 13.1. The van der Waals surface area contributed by atoms with Crippen LogP contribution in [0, 0.1) is 12.7 Å². The van der Waals surface area contributed by atoms with E-state index in [0.29, 0.717) is 5.69 Å². The van der Waals surface area contributed by atoms with Crippen LogP contribution in [0.15, 0.2) is 83.8 Å². The van der Waals surface area contributed by atoms with Gasteiger partial charge in [0, 0.05) is 5.69 Å². The Hall–Kier alpha value is -3.03. The molecule has 1 atom stereocenters. The summed E-state index contributed by atoms with van der Waals surface area (Å²) in [5.74, 6) is -1.02. The van der Waals surface area contributed by atoms with Crippen LogP contribution in [0.3, 0.4) is 0 Å². The van der Waals surface area contributed by atoms with E-state index < -0.39 is 27.8 Å². The first kappa shape index (κ1) is 20.7. The molecule has 0 spiro atoms. The third kappa shape index (κ3) is 5.73. The lowest BCUT2D eigenvalue weighted by Crippen LogP contribution is -2.45. The maximum atomic E-state index is 13.1. The summed E-state index contributed by atoms with van der Waals surface area (Å²) in [6.45, 7) is 1.90. The van der Waals surface area contributed by atoms with Crippen LogP contribution < -0.4 is 10.0 Å². The van der Waals surface area contributed by atoms with Gasteiger partial charge in [-0.25, -0.2) is 12.8 Å². The van der Waals surface area contributed by atoms with Crippen LogP contribution in [0.4, 0.5) is 10.1 Å². The second-order valence-corrected chi connectivity index (χ2v) is 8.39. The largest absolute Gasteiger partial charge is 0.325 e. The first-order valence-electron chi connectivity index (χ1n) is 9.03. The molecule has 0 radical (unpaired) electrons. The average molecular weight is 412 g/mol. The van der Waals surface area contributed by atoms with E-state index in [2.05, 4.69) is 10.0 Å². The van der Waals surface area contributed by atoms with E-state index in [4.69, 9.17) is 0 Å². The van der Waals surface area contributed by atoms with Crippen molar-refractivity contribution in [1.82, 2.24) is 4.72 Å². The van der Waals surface area contributed by atoms with Crippen molar-refractivity contribution >= 4 is 21.6 Å². The Morgan fingerprint density at radius 3 is 2.31 bits per heavy atom. The molecule has 7 heteroatoms. The third-order valence-electron chi connectivity index (χ3n) is 4.31. The van der Waals surface area contributed by atoms with Gasteiger partial charge in [-0.15, -0.1) is 0 Å². The molecular weight excluding hydrogens is 391 g/mol. The van der Waals surface area contributed by atoms with Crippen molar-refractivity contribution in [2.45, 2.75) is 24.3 Å². The summed E-state index contributed by atoms with van der Waals surface area (Å²) < 4.78 is 41.1. The first-order valence-corrected chi connectivity index (χ1v) is 10.5.